The summed E-state index contributed by atoms with van der Waals surface area (Å²) in [6, 6.07) is 10.1. The molecule has 1 spiro atoms. The third-order valence-electron chi connectivity index (χ3n) is 6.48. The number of hydrogen-bond acceptors (Lipinski definition) is 4. The standard InChI is InChI=1S/C26H28N2O3S/c1-7-31-19-11-20-17(4)13-25(5,6)28-23(20)21(12-19)26(24(28)30)27(22(29)14-32-26)18-9-15(2)8-16(3)10-18/h8-13H,7,14H2,1-6H3. The van der Waals surface area contributed by atoms with Crippen LogP contribution < -0.4 is 14.5 Å². The molecule has 1 fully saturated rings. The number of aryl methyl sites for hydroxylation is 2. The van der Waals surface area contributed by atoms with Gasteiger partial charge in [-0.05, 0) is 82.5 Å². The molecule has 0 aliphatic carbocycles. The number of rotatable bonds is 3. The van der Waals surface area contributed by atoms with Crippen LogP contribution in [0.2, 0.25) is 0 Å². The number of amides is 2. The molecule has 2 aromatic rings. The summed E-state index contributed by atoms with van der Waals surface area (Å²) in [6.45, 7) is 12.7. The highest BCUT2D eigenvalue weighted by Gasteiger charge is 2.64. The molecule has 166 valence electrons. The molecule has 1 unspecified atom stereocenters. The Morgan fingerprint density at radius 3 is 2.34 bits per heavy atom. The van der Waals surface area contributed by atoms with Gasteiger partial charge in [0.15, 0.2) is 0 Å². The van der Waals surface area contributed by atoms with Gasteiger partial charge in [-0.15, -0.1) is 11.8 Å². The maximum atomic E-state index is 14.3. The molecule has 5 nitrogen and oxygen atoms in total. The number of hydrogen-bond donors (Lipinski definition) is 0. The first kappa shape index (κ1) is 21.1. The molecular weight excluding hydrogens is 420 g/mol. The van der Waals surface area contributed by atoms with Crippen LogP contribution in [0.3, 0.4) is 0 Å². The molecule has 3 heterocycles. The van der Waals surface area contributed by atoms with E-state index in [1.165, 1.54) is 11.8 Å². The van der Waals surface area contributed by atoms with Gasteiger partial charge in [-0.2, -0.15) is 0 Å². The monoisotopic (exact) mass is 448 g/mol. The molecule has 2 amide bonds. The van der Waals surface area contributed by atoms with Crippen molar-refractivity contribution in [3.63, 3.8) is 0 Å². The van der Waals surface area contributed by atoms with Gasteiger partial charge in [0.2, 0.25) is 10.8 Å². The van der Waals surface area contributed by atoms with Crippen molar-refractivity contribution >= 4 is 40.5 Å². The predicted octanol–water partition coefficient (Wildman–Crippen LogP) is 5.18. The molecule has 0 aromatic heterocycles. The Hall–Kier alpha value is -2.73. The van der Waals surface area contributed by atoms with E-state index in [0.29, 0.717) is 6.61 Å². The molecule has 0 radical (unpaired) electrons. The molecule has 5 rings (SSSR count). The van der Waals surface area contributed by atoms with E-state index < -0.39 is 10.4 Å². The van der Waals surface area contributed by atoms with Gasteiger partial charge < -0.3 is 4.74 Å². The first-order chi connectivity index (χ1) is 15.1. The molecule has 3 aliphatic rings. The summed E-state index contributed by atoms with van der Waals surface area (Å²) in [5.74, 6) is 0.869. The number of nitrogens with zero attached hydrogens (tertiary/aromatic N) is 2. The fraction of sp³-hybridized carbons (Fsp3) is 0.385. The zero-order chi connectivity index (χ0) is 23.0. The van der Waals surface area contributed by atoms with E-state index in [0.717, 1.165) is 45.0 Å². The van der Waals surface area contributed by atoms with Crippen LogP contribution in [-0.2, 0) is 14.5 Å². The average molecular weight is 449 g/mol. The molecule has 6 heteroatoms. The molecule has 1 saturated heterocycles. The Morgan fingerprint density at radius 1 is 1.00 bits per heavy atom. The summed E-state index contributed by atoms with van der Waals surface area (Å²) < 4.78 is 5.91. The highest BCUT2D eigenvalue weighted by atomic mass is 32.2. The highest BCUT2D eigenvalue weighted by Crippen LogP contribution is 2.60. The van der Waals surface area contributed by atoms with E-state index in [4.69, 9.17) is 4.74 Å². The van der Waals surface area contributed by atoms with Crippen LogP contribution in [0.5, 0.6) is 5.75 Å². The van der Waals surface area contributed by atoms with Crippen LogP contribution in [0.15, 0.2) is 36.4 Å². The number of allylic oxidation sites excluding steroid dienone is 1. The van der Waals surface area contributed by atoms with Crippen LogP contribution in [0.25, 0.3) is 5.57 Å². The molecule has 0 saturated carbocycles. The van der Waals surface area contributed by atoms with Crippen molar-refractivity contribution in [3.05, 3.63) is 58.7 Å². The van der Waals surface area contributed by atoms with Crippen LogP contribution in [0, 0.1) is 13.8 Å². The summed E-state index contributed by atoms with van der Waals surface area (Å²) >= 11 is 1.42. The Balaban J connectivity index is 1.83. The fourth-order valence-electron chi connectivity index (χ4n) is 5.48. The molecule has 3 aliphatic heterocycles. The first-order valence-corrected chi connectivity index (χ1v) is 12.0. The van der Waals surface area contributed by atoms with Crippen LogP contribution >= 0.6 is 11.8 Å². The second kappa shape index (κ2) is 6.88. The number of carbonyl (C=O) groups excluding carboxylic acids is 2. The Bertz CT molecular complexity index is 1200. The van der Waals surface area contributed by atoms with Gasteiger partial charge in [0.25, 0.3) is 5.91 Å². The van der Waals surface area contributed by atoms with E-state index in [-0.39, 0.29) is 17.6 Å². The van der Waals surface area contributed by atoms with E-state index in [1.54, 1.807) is 4.90 Å². The number of thioether (sulfide) groups is 1. The minimum atomic E-state index is -1.13. The lowest BCUT2D eigenvalue weighted by atomic mass is 9.89. The number of ether oxygens (including phenoxy) is 1. The second-order valence-electron chi connectivity index (χ2n) is 9.43. The van der Waals surface area contributed by atoms with Crippen molar-refractivity contribution in [3.8, 4) is 5.75 Å². The highest BCUT2D eigenvalue weighted by molar-refractivity contribution is 8.02. The predicted molar refractivity (Wildman–Crippen MR) is 130 cm³/mol. The van der Waals surface area contributed by atoms with Gasteiger partial charge in [-0.25, -0.2) is 0 Å². The molecule has 32 heavy (non-hydrogen) atoms. The smallest absolute Gasteiger partial charge is 0.269 e. The van der Waals surface area contributed by atoms with Crippen molar-refractivity contribution in [2.75, 3.05) is 22.2 Å². The van der Waals surface area contributed by atoms with E-state index >= 15 is 0 Å². The Kier molecular flexibility index (Phi) is 4.55. The summed E-state index contributed by atoms with van der Waals surface area (Å²) in [7, 11) is 0. The van der Waals surface area contributed by atoms with Gasteiger partial charge in [0, 0.05) is 16.8 Å². The number of carbonyl (C=O) groups is 2. The van der Waals surface area contributed by atoms with Crippen LogP contribution in [-0.4, -0.2) is 29.7 Å². The molecule has 2 aromatic carbocycles. The molecule has 1 atom stereocenters. The minimum Gasteiger partial charge on any atom is -0.494 e. The quantitative estimate of drug-likeness (QED) is 0.649. The van der Waals surface area contributed by atoms with Gasteiger partial charge >= 0.3 is 0 Å². The van der Waals surface area contributed by atoms with Crippen molar-refractivity contribution in [2.45, 2.75) is 52.0 Å². The fourth-order valence-corrected chi connectivity index (χ4v) is 6.80. The number of fused-ring (bicyclic) bond motifs is 1. The SMILES string of the molecule is CCOc1cc2c3c(c1)C1(SCC(=O)N1c1cc(C)cc(C)c1)C(=O)N3C(C)(C)C=C2C. The largest absolute Gasteiger partial charge is 0.494 e. The first-order valence-electron chi connectivity index (χ1n) is 11.0. The molecule has 0 bridgehead atoms. The maximum absolute atomic E-state index is 14.3. The number of benzene rings is 2. The molecule has 0 N–H and O–H groups in total. The summed E-state index contributed by atoms with van der Waals surface area (Å²) in [5, 5.41) is 0. The summed E-state index contributed by atoms with van der Waals surface area (Å²) in [6.07, 6.45) is 2.13. The summed E-state index contributed by atoms with van der Waals surface area (Å²) in [5.41, 5.74) is 6.25. The van der Waals surface area contributed by atoms with E-state index in [9.17, 15) is 9.59 Å². The topological polar surface area (TPSA) is 49.9 Å². The average Bonchev–Trinajstić information content (AvgIpc) is 3.16. The maximum Gasteiger partial charge on any atom is 0.269 e. The van der Waals surface area contributed by atoms with Crippen molar-refractivity contribution in [2.24, 2.45) is 0 Å². The second-order valence-corrected chi connectivity index (χ2v) is 10.6. The van der Waals surface area contributed by atoms with Gasteiger partial charge in [0.1, 0.15) is 5.75 Å². The third kappa shape index (κ3) is 2.71. The van der Waals surface area contributed by atoms with Crippen molar-refractivity contribution in [1.29, 1.82) is 0 Å². The van der Waals surface area contributed by atoms with Gasteiger partial charge in [-0.1, -0.05) is 12.1 Å². The zero-order valence-electron chi connectivity index (χ0n) is 19.4. The zero-order valence-corrected chi connectivity index (χ0v) is 20.2. The van der Waals surface area contributed by atoms with Crippen LogP contribution in [0.4, 0.5) is 11.4 Å². The number of anilines is 2. The van der Waals surface area contributed by atoms with E-state index in [2.05, 4.69) is 32.9 Å². The Labute approximate surface area is 193 Å². The van der Waals surface area contributed by atoms with E-state index in [1.807, 2.05) is 49.9 Å². The van der Waals surface area contributed by atoms with Crippen molar-refractivity contribution < 1.29 is 14.3 Å². The van der Waals surface area contributed by atoms with Crippen LogP contribution in [0.1, 0.15) is 49.9 Å². The lowest BCUT2D eigenvalue weighted by Gasteiger charge is -2.40. The van der Waals surface area contributed by atoms with Gasteiger partial charge in [-0.3, -0.25) is 19.4 Å². The minimum absolute atomic E-state index is 0.0498. The lowest BCUT2D eigenvalue weighted by molar-refractivity contribution is -0.124. The van der Waals surface area contributed by atoms with Gasteiger partial charge in [0.05, 0.1) is 23.6 Å². The Morgan fingerprint density at radius 2 is 1.69 bits per heavy atom. The lowest BCUT2D eigenvalue weighted by Crippen LogP contribution is -2.55. The summed E-state index contributed by atoms with van der Waals surface area (Å²) in [4.78, 5) is 30.2. The van der Waals surface area contributed by atoms with Crippen molar-refractivity contribution in [1.82, 2.24) is 0 Å². The third-order valence-corrected chi connectivity index (χ3v) is 7.87. The molecular formula is C26H28N2O3S. The normalized spacial score (nSPS) is 23.1.